The third-order valence-corrected chi connectivity index (χ3v) is 3.70. The first kappa shape index (κ1) is 17.9. The van der Waals surface area contributed by atoms with Crippen molar-refractivity contribution in [3.8, 4) is 17.1 Å². The molecule has 0 N–H and O–H groups in total. The summed E-state index contributed by atoms with van der Waals surface area (Å²) in [6.45, 7) is 1.44. The number of benzene rings is 2. The van der Waals surface area contributed by atoms with Gasteiger partial charge in [-0.1, -0.05) is 17.7 Å². The van der Waals surface area contributed by atoms with Crippen LogP contribution in [0.5, 0.6) is 5.75 Å². The molecule has 1 aromatic heterocycles. The molecule has 0 amide bonds. The van der Waals surface area contributed by atoms with Crippen LogP contribution in [0.2, 0.25) is 5.02 Å². The van der Waals surface area contributed by atoms with E-state index in [9.17, 15) is 9.18 Å². The summed E-state index contributed by atoms with van der Waals surface area (Å²) in [6.07, 6.45) is 0.669. The summed E-state index contributed by atoms with van der Waals surface area (Å²) < 4.78 is 29.1. The van der Waals surface area contributed by atoms with E-state index in [1.54, 1.807) is 43.3 Å². The zero-order chi connectivity index (χ0) is 18.5. The van der Waals surface area contributed by atoms with Gasteiger partial charge in [0.05, 0.1) is 6.20 Å². The van der Waals surface area contributed by atoms with E-state index in [1.807, 2.05) is 0 Å². The van der Waals surface area contributed by atoms with E-state index in [0.717, 1.165) is 0 Å². The number of ether oxygens (including phenoxy) is 2. The highest BCUT2D eigenvalue weighted by atomic mass is 35.5. The lowest BCUT2D eigenvalue weighted by Crippen LogP contribution is -2.26. The van der Waals surface area contributed by atoms with Crippen molar-refractivity contribution in [1.29, 1.82) is 0 Å². The average molecular weight is 376 g/mol. The molecule has 26 heavy (non-hydrogen) atoms. The van der Waals surface area contributed by atoms with Crippen LogP contribution in [0.15, 0.2) is 59.1 Å². The SMILES string of the molecule is CC(Oc1cccc(Cl)c1)C(=O)OCc1ncc(-c2ccc(F)cc2)o1. The Labute approximate surface area is 154 Å². The van der Waals surface area contributed by atoms with Crippen LogP contribution in [-0.4, -0.2) is 17.1 Å². The van der Waals surface area contributed by atoms with Crippen LogP contribution in [0, 0.1) is 5.82 Å². The van der Waals surface area contributed by atoms with Gasteiger partial charge in [-0.25, -0.2) is 14.2 Å². The Morgan fingerprint density at radius 3 is 2.77 bits per heavy atom. The van der Waals surface area contributed by atoms with Gasteiger partial charge < -0.3 is 13.9 Å². The molecule has 134 valence electrons. The smallest absolute Gasteiger partial charge is 0.347 e. The van der Waals surface area contributed by atoms with Crippen LogP contribution in [0.3, 0.4) is 0 Å². The standard InChI is InChI=1S/C19H15ClFNO4/c1-12(25-16-4-2-3-14(20)9-16)19(23)24-11-18-22-10-17(26-18)13-5-7-15(21)8-6-13/h2-10,12H,11H2,1H3. The summed E-state index contributed by atoms with van der Waals surface area (Å²) in [7, 11) is 0. The molecule has 0 saturated carbocycles. The molecular formula is C19H15ClFNO4. The van der Waals surface area contributed by atoms with Gasteiger partial charge in [-0.15, -0.1) is 0 Å². The third kappa shape index (κ3) is 4.61. The molecule has 0 fully saturated rings. The van der Waals surface area contributed by atoms with Gasteiger partial charge in [-0.2, -0.15) is 0 Å². The zero-order valence-corrected chi connectivity index (χ0v) is 14.6. The molecule has 1 unspecified atom stereocenters. The van der Waals surface area contributed by atoms with Crippen molar-refractivity contribution >= 4 is 17.6 Å². The Morgan fingerprint density at radius 1 is 1.27 bits per heavy atom. The van der Waals surface area contributed by atoms with Gasteiger partial charge in [0, 0.05) is 10.6 Å². The summed E-state index contributed by atoms with van der Waals surface area (Å²) in [5, 5.41) is 0.510. The lowest BCUT2D eigenvalue weighted by Gasteiger charge is -2.13. The molecule has 3 aromatic rings. The maximum Gasteiger partial charge on any atom is 0.347 e. The minimum absolute atomic E-state index is 0.136. The molecule has 5 nitrogen and oxygen atoms in total. The predicted octanol–water partition coefficient (Wildman–Crippen LogP) is 4.64. The van der Waals surface area contributed by atoms with E-state index in [1.165, 1.54) is 18.3 Å². The van der Waals surface area contributed by atoms with E-state index in [0.29, 0.717) is 22.1 Å². The predicted molar refractivity (Wildman–Crippen MR) is 93.2 cm³/mol. The second-order valence-electron chi connectivity index (χ2n) is 5.45. The monoisotopic (exact) mass is 375 g/mol. The number of carbonyl (C=O) groups excluding carboxylic acids is 1. The van der Waals surface area contributed by atoms with Gasteiger partial charge in [-0.3, -0.25) is 0 Å². The number of rotatable bonds is 6. The number of oxazole rings is 1. The fourth-order valence-electron chi connectivity index (χ4n) is 2.17. The number of hydrogen-bond acceptors (Lipinski definition) is 5. The highest BCUT2D eigenvalue weighted by Crippen LogP contribution is 2.21. The van der Waals surface area contributed by atoms with Crippen molar-refractivity contribution in [3.05, 3.63) is 71.5 Å². The van der Waals surface area contributed by atoms with Crippen LogP contribution < -0.4 is 4.74 Å². The summed E-state index contributed by atoms with van der Waals surface area (Å²) in [4.78, 5) is 16.1. The van der Waals surface area contributed by atoms with Gasteiger partial charge in [0.1, 0.15) is 11.6 Å². The van der Waals surface area contributed by atoms with Crippen LogP contribution in [0.1, 0.15) is 12.8 Å². The van der Waals surface area contributed by atoms with Crippen molar-refractivity contribution in [2.75, 3.05) is 0 Å². The number of carbonyl (C=O) groups is 1. The molecule has 1 atom stereocenters. The lowest BCUT2D eigenvalue weighted by atomic mass is 10.2. The topological polar surface area (TPSA) is 61.6 Å². The molecule has 0 saturated heterocycles. The highest BCUT2D eigenvalue weighted by Gasteiger charge is 2.18. The first-order chi connectivity index (χ1) is 12.5. The van der Waals surface area contributed by atoms with E-state index in [2.05, 4.69) is 4.98 Å². The van der Waals surface area contributed by atoms with E-state index in [-0.39, 0.29) is 18.3 Å². The lowest BCUT2D eigenvalue weighted by molar-refractivity contribution is -0.153. The second kappa shape index (κ2) is 8.01. The van der Waals surface area contributed by atoms with Crippen LogP contribution in [0.25, 0.3) is 11.3 Å². The summed E-state index contributed by atoms with van der Waals surface area (Å²) in [5.41, 5.74) is 0.675. The highest BCUT2D eigenvalue weighted by molar-refractivity contribution is 6.30. The zero-order valence-electron chi connectivity index (χ0n) is 13.8. The Morgan fingerprint density at radius 2 is 2.04 bits per heavy atom. The Hall–Kier alpha value is -2.86. The summed E-state index contributed by atoms with van der Waals surface area (Å²) in [6, 6.07) is 12.5. The minimum Gasteiger partial charge on any atom is -0.479 e. The van der Waals surface area contributed by atoms with Gasteiger partial charge in [0.15, 0.2) is 18.5 Å². The molecule has 0 aliphatic carbocycles. The van der Waals surface area contributed by atoms with Crippen molar-refractivity contribution in [3.63, 3.8) is 0 Å². The molecule has 0 spiro atoms. The summed E-state index contributed by atoms with van der Waals surface area (Å²) in [5.74, 6) is 0.256. The number of hydrogen-bond donors (Lipinski definition) is 0. The average Bonchev–Trinajstić information content (AvgIpc) is 3.09. The molecular weight excluding hydrogens is 361 g/mol. The molecule has 0 aliphatic rings. The number of aromatic nitrogens is 1. The van der Waals surface area contributed by atoms with E-state index >= 15 is 0 Å². The van der Waals surface area contributed by atoms with Crippen molar-refractivity contribution in [2.45, 2.75) is 19.6 Å². The molecule has 0 radical (unpaired) electrons. The fourth-order valence-corrected chi connectivity index (χ4v) is 2.35. The molecule has 0 bridgehead atoms. The van der Waals surface area contributed by atoms with Gasteiger partial charge in [0.25, 0.3) is 0 Å². The molecule has 3 rings (SSSR count). The van der Waals surface area contributed by atoms with Gasteiger partial charge >= 0.3 is 5.97 Å². The fraction of sp³-hybridized carbons (Fsp3) is 0.158. The first-order valence-corrected chi connectivity index (χ1v) is 8.18. The van der Waals surface area contributed by atoms with Gasteiger partial charge in [-0.05, 0) is 49.4 Å². The Balaban J connectivity index is 1.55. The van der Waals surface area contributed by atoms with Crippen LogP contribution >= 0.6 is 11.6 Å². The van der Waals surface area contributed by atoms with Crippen LogP contribution in [0.4, 0.5) is 4.39 Å². The quantitative estimate of drug-likeness (QED) is 0.587. The maximum absolute atomic E-state index is 12.9. The van der Waals surface area contributed by atoms with Crippen LogP contribution in [-0.2, 0) is 16.1 Å². The van der Waals surface area contributed by atoms with E-state index < -0.39 is 12.1 Å². The molecule has 0 aliphatic heterocycles. The van der Waals surface area contributed by atoms with Crippen molar-refractivity contribution < 1.29 is 23.1 Å². The summed E-state index contributed by atoms with van der Waals surface area (Å²) >= 11 is 5.87. The van der Waals surface area contributed by atoms with Crippen molar-refractivity contribution in [1.82, 2.24) is 4.98 Å². The maximum atomic E-state index is 12.9. The number of esters is 1. The molecule has 7 heteroatoms. The Bertz CT molecular complexity index is 895. The largest absolute Gasteiger partial charge is 0.479 e. The van der Waals surface area contributed by atoms with Gasteiger partial charge in [0.2, 0.25) is 5.89 Å². The number of nitrogens with zero attached hydrogens (tertiary/aromatic N) is 1. The first-order valence-electron chi connectivity index (χ1n) is 7.81. The molecule has 2 aromatic carbocycles. The second-order valence-corrected chi connectivity index (χ2v) is 5.89. The van der Waals surface area contributed by atoms with E-state index in [4.69, 9.17) is 25.5 Å². The van der Waals surface area contributed by atoms with Crippen molar-refractivity contribution in [2.24, 2.45) is 0 Å². The molecule has 1 heterocycles. The Kier molecular flexibility index (Phi) is 5.53. The minimum atomic E-state index is -0.819. The third-order valence-electron chi connectivity index (χ3n) is 3.46. The number of halogens is 2. The normalized spacial score (nSPS) is 11.8.